The summed E-state index contributed by atoms with van der Waals surface area (Å²) in [4.78, 5) is 19.7. The zero-order valence-corrected chi connectivity index (χ0v) is 14.2. The van der Waals surface area contributed by atoms with Gasteiger partial charge in [-0.15, -0.1) is 0 Å². The van der Waals surface area contributed by atoms with Gasteiger partial charge in [0.1, 0.15) is 5.82 Å². The number of ether oxygens (including phenoxy) is 1. The van der Waals surface area contributed by atoms with E-state index in [0.717, 1.165) is 22.4 Å². The quantitative estimate of drug-likeness (QED) is 0.620. The average Bonchev–Trinajstić information content (AvgIpc) is 3.06. The number of nitrogens with zero attached hydrogens (tertiary/aromatic N) is 1. The molecule has 0 aliphatic rings. The first-order chi connectivity index (χ1) is 12.3. The molecule has 1 heterocycles. The van der Waals surface area contributed by atoms with E-state index in [9.17, 15) is 4.79 Å². The molecule has 2 amide bonds. The monoisotopic (exact) mass is 338 g/mol. The van der Waals surface area contributed by atoms with Crippen LogP contribution in [0.2, 0.25) is 0 Å². The molecule has 3 aromatic rings. The number of aromatic nitrogens is 2. The van der Waals surface area contributed by atoms with Crippen LogP contribution in [-0.4, -0.2) is 36.2 Å². The molecule has 0 fully saturated rings. The number of carbonyl (C=O) groups excluding carboxylic acids is 1. The molecule has 1 atom stereocenters. The molecule has 0 aliphatic heterocycles. The van der Waals surface area contributed by atoms with E-state index in [4.69, 9.17) is 4.74 Å². The van der Waals surface area contributed by atoms with Crippen LogP contribution in [0.5, 0.6) is 0 Å². The maximum atomic E-state index is 11.9. The Morgan fingerprint density at radius 1 is 1.12 bits per heavy atom. The minimum absolute atomic E-state index is 0.165. The number of amides is 2. The fourth-order valence-electron chi connectivity index (χ4n) is 2.67. The summed E-state index contributed by atoms with van der Waals surface area (Å²) in [7, 11) is 1.64. The van der Waals surface area contributed by atoms with Gasteiger partial charge < -0.3 is 20.4 Å². The number of rotatable bonds is 7. The standard InChI is InChI=1S/C19H22N4O2/c1-25-17(14-7-3-2-4-8-14)13-21-19(24)20-12-11-18-22-15-9-5-6-10-16(15)23-18/h2-10,17H,11-13H2,1H3,(H,22,23)(H2,20,21,24). The maximum Gasteiger partial charge on any atom is 0.314 e. The molecule has 1 unspecified atom stereocenters. The molecular weight excluding hydrogens is 316 g/mol. The van der Waals surface area contributed by atoms with Gasteiger partial charge in [-0.3, -0.25) is 0 Å². The van der Waals surface area contributed by atoms with Gasteiger partial charge in [0, 0.05) is 26.6 Å². The van der Waals surface area contributed by atoms with Crippen LogP contribution >= 0.6 is 0 Å². The second-order valence-corrected chi connectivity index (χ2v) is 5.72. The fraction of sp³-hybridized carbons (Fsp3) is 0.263. The number of hydrogen-bond acceptors (Lipinski definition) is 3. The minimum atomic E-state index is -0.214. The number of imidazole rings is 1. The van der Waals surface area contributed by atoms with Crippen LogP contribution in [0, 0.1) is 0 Å². The first kappa shape index (κ1) is 17.0. The van der Waals surface area contributed by atoms with E-state index < -0.39 is 0 Å². The number of benzene rings is 2. The van der Waals surface area contributed by atoms with E-state index in [0.29, 0.717) is 19.5 Å². The van der Waals surface area contributed by atoms with Crippen molar-refractivity contribution < 1.29 is 9.53 Å². The first-order valence-electron chi connectivity index (χ1n) is 8.29. The SMILES string of the molecule is COC(CNC(=O)NCCc1nc2ccccc2[nH]1)c1ccccc1. The summed E-state index contributed by atoms with van der Waals surface area (Å²) in [6.45, 7) is 0.922. The van der Waals surface area contributed by atoms with E-state index in [1.807, 2.05) is 54.6 Å². The van der Waals surface area contributed by atoms with Crippen LogP contribution < -0.4 is 10.6 Å². The lowest BCUT2D eigenvalue weighted by atomic mass is 10.1. The third-order valence-electron chi connectivity index (χ3n) is 3.99. The van der Waals surface area contributed by atoms with Crippen LogP contribution in [-0.2, 0) is 11.2 Å². The molecule has 0 aliphatic carbocycles. The van der Waals surface area contributed by atoms with Crippen molar-refractivity contribution in [2.45, 2.75) is 12.5 Å². The predicted molar refractivity (Wildman–Crippen MR) is 97.4 cm³/mol. The van der Waals surface area contributed by atoms with Gasteiger partial charge in [-0.2, -0.15) is 0 Å². The topological polar surface area (TPSA) is 79.0 Å². The van der Waals surface area contributed by atoms with Crippen molar-refractivity contribution in [3.63, 3.8) is 0 Å². The zero-order chi connectivity index (χ0) is 17.5. The lowest BCUT2D eigenvalue weighted by molar-refractivity contribution is 0.104. The molecule has 130 valence electrons. The highest BCUT2D eigenvalue weighted by Crippen LogP contribution is 2.14. The molecule has 0 bridgehead atoms. The highest BCUT2D eigenvalue weighted by atomic mass is 16.5. The van der Waals surface area contributed by atoms with Crippen molar-refractivity contribution >= 4 is 17.1 Å². The molecule has 0 spiro atoms. The van der Waals surface area contributed by atoms with Gasteiger partial charge in [0.05, 0.1) is 17.1 Å². The number of methoxy groups -OCH3 is 1. The summed E-state index contributed by atoms with van der Waals surface area (Å²) >= 11 is 0. The lowest BCUT2D eigenvalue weighted by Gasteiger charge is -2.16. The van der Waals surface area contributed by atoms with Crippen LogP contribution in [0.3, 0.4) is 0 Å². The largest absolute Gasteiger partial charge is 0.375 e. The van der Waals surface area contributed by atoms with Gasteiger partial charge in [-0.25, -0.2) is 9.78 Å². The molecule has 0 radical (unpaired) electrons. The van der Waals surface area contributed by atoms with Crippen molar-refractivity contribution in [1.82, 2.24) is 20.6 Å². The van der Waals surface area contributed by atoms with E-state index in [2.05, 4.69) is 20.6 Å². The summed E-state index contributed by atoms with van der Waals surface area (Å²) in [5.41, 5.74) is 2.98. The smallest absolute Gasteiger partial charge is 0.314 e. The Hall–Kier alpha value is -2.86. The first-order valence-corrected chi connectivity index (χ1v) is 8.29. The molecule has 0 saturated carbocycles. The second-order valence-electron chi connectivity index (χ2n) is 5.72. The number of fused-ring (bicyclic) bond motifs is 1. The highest BCUT2D eigenvalue weighted by Gasteiger charge is 2.11. The summed E-state index contributed by atoms with van der Waals surface area (Å²) < 4.78 is 5.44. The molecule has 25 heavy (non-hydrogen) atoms. The van der Waals surface area contributed by atoms with Crippen molar-refractivity contribution in [2.24, 2.45) is 0 Å². The highest BCUT2D eigenvalue weighted by molar-refractivity contribution is 5.75. The normalized spacial score (nSPS) is 12.0. The maximum absolute atomic E-state index is 11.9. The molecular formula is C19H22N4O2. The van der Waals surface area contributed by atoms with Crippen molar-refractivity contribution in [2.75, 3.05) is 20.2 Å². The third kappa shape index (κ3) is 4.58. The summed E-state index contributed by atoms with van der Waals surface area (Å²) in [5.74, 6) is 0.862. The van der Waals surface area contributed by atoms with Gasteiger partial charge in [-0.1, -0.05) is 42.5 Å². The van der Waals surface area contributed by atoms with E-state index >= 15 is 0 Å². The van der Waals surface area contributed by atoms with Gasteiger partial charge in [0.15, 0.2) is 0 Å². The molecule has 1 aromatic heterocycles. The van der Waals surface area contributed by atoms with Crippen molar-refractivity contribution in [3.05, 3.63) is 66.0 Å². The predicted octanol–water partition coefficient (Wildman–Crippen LogP) is 2.79. The third-order valence-corrected chi connectivity index (χ3v) is 3.99. The van der Waals surface area contributed by atoms with Gasteiger partial charge in [-0.05, 0) is 17.7 Å². The summed E-state index contributed by atoms with van der Waals surface area (Å²) in [6.07, 6.45) is 0.483. The van der Waals surface area contributed by atoms with Crippen molar-refractivity contribution in [1.29, 1.82) is 0 Å². The van der Waals surface area contributed by atoms with E-state index in [1.54, 1.807) is 7.11 Å². The van der Waals surface area contributed by atoms with Gasteiger partial charge in [0.25, 0.3) is 0 Å². The number of urea groups is 1. The number of H-pyrrole nitrogens is 1. The van der Waals surface area contributed by atoms with Crippen molar-refractivity contribution in [3.8, 4) is 0 Å². The Labute approximate surface area is 146 Å². The fourth-order valence-corrected chi connectivity index (χ4v) is 2.67. The lowest BCUT2D eigenvalue weighted by Crippen LogP contribution is -2.39. The van der Waals surface area contributed by atoms with Gasteiger partial charge >= 0.3 is 6.03 Å². The Balaban J connectivity index is 1.43. The molecule has 3 rings (SSSR count). The number of para-hydroxylation sites is 2. The Kier molecular flexibility index (Phi) is 5.64. The number of carbonyl (C=O) groups is 1. The molecule has 0 saturated heterocycles. The molecule has 3 N–H and O–H groups in total. The number of hydrogen-bond donors (Lipinski definition) is 3. The van der Waals surface area contributed by atoms with E-state index in [-0.39, 0.29) is 12.1 Å². The van der Waals surface area contributed by atoms with Gasteiger partial charge in [0.2, 0.25) is 0 Å². The number of aromatic amines is 1. The molecule has 6 nitrogen and oxygen atoms in total. The van der Waals surface area contributed by atoms with E-state index in [1.165, 1.54) is 0 Å². The van der Waals surface area contributed by atoms with Crippen LogP contribution in [0.15, 0.2) is 54.6 Å². The Morgan fingerprint density at radius 2 is 1.88 bits per heavy atom. The van der Waals surface area contributed by atoms with Crippen LogP contribution in [0.1, 0.15) is 17.5 Å². The zero-order valence-electron chi connectivity index (χ0n) is 14.2. The summed E-state index contributed by atoms with van der Waals surface area (Å²) in [6, 6.07) is 17.5. The average molecular weight is 338 g/mol. The Bertz CT molecular complexity index is 783. The second kappa shape index (κ2) is 8.30. The molecule has 6 heteroatoms. The minimum Gasteiger partial charge on any atom is -0.375 e. The van der Waals surface area contributed by atoms with Crippen LogP contribution in [0.25, 0.3) is 11.0 Å². The Morgan fingerprint density at radius 3 is 2.64 bits per heavy atom. The number of nitrogens with one attached hydrogen (secondary N) is 3. The van der Waals surface area contributed by atoms with Crippen LogP contribution in [0.4, 0.5) is 4.79 Å². The summed E-state index contributed by atoms with van der Waals surface area (Å²) in [5, 5.41) is 5.68. The molecule has 2 aromatic carbocycles.